The fourth-order valence-corrected chi connectivity index (χ4v) is 5.43. The Morgan fingerprint density at radius 1 is 1.13 bits per heavy atom. The molecule has 7 heteroatoms. The minimum atomic E-state index is -3.28. The molecule has 1 atom stereocenters. The lowest BCUT2D eigenvalue weighted by molar-refractivity contribution is -0.132. The molecule has 134 valence electrons. The Kier molecular flexibility index (Phi) is 6.85. The van der Waals surface area contributed by atoms with E-state index in [0.717, 1.165) is 38.6 Å². The summed E-state index contributed by atoms with van der Waals surface area (Å²) in [7, 11) is -3.28. The van der Waals surface area contributed by atoms with Crippen LogP contribution >= 0.6 is 0 Å². The molecule has 0 spiro atoms. The Hall–Kier alpha value is -0.660. The van der Waals surface area contributed by atoms with E-state index in [1.807, 2.05) is 18.7 Å². The van der Waals surface area contributed by atoms with Gasteiger partial charge in [0.1, 0.15) is 0 Å². The molecule has 1 amide bonds. The summed E-state index contributed by atoms with van der Waals surface area (Å²) >= 11 is 0. The summed E-state index contributed by atoms with van der Waals surface area (Å²) in [5.74, 6) is 0.0943. The Labute approximate surface area is 140 Å². The average Bonchev–Trinajstić information content (AvgIpc) is 3.01. The number of rotatable bonds is 7. The molecule has 1 unspecified atom stereocenters. The second-order valence-corrected chi connectivity index (χ2v) is 8.70. The van der Waals surface area contributed by atoms with Crippen LogP contribution in [-0.2, 0) is 14.8 Å². The van der Waals surface area contributed by atoms with E-state index in [-0.39, 0.29) is 17.2 Å². The third-order valence-electron chi connectivity index (χ3n) is 5.06. The summed E-state index contributed by atoms with van der Waals surface area (Å²) in [5.41, 5.74) is 0. The van der Waals surface area contributed by atoms with Crippen molar-refractivity contribution in [2.45, 2.75) is 63.7 Å². The molecule has 1 aliphatic carbocycles. The standard InChI is InChI=1S/C16H31N3O3S/c1-3-19(4-2)16(20)13-18-11-7-10-15(12-18)23(21,22)17-14-8-5-6-9-14/h14-15,17H,3-13H2,1-2H3. The van der Waals surface area contributed by atoms with E-state index in [0.29, 0.717) is 32.6 Å². The number of nitrogens with zero attached hydrogens (tertiary/aromatic N) is 2. The van der Waals surface area contributed by atoms with E-state index in [4.69, 9.17) is 0 Å². The first-order chi connectivity index (χ1) is 11.0. The zero-order valence-electron chi connectivity index (χ0n) is 14.5. The van der Waals surface area contributed by atoms with Crippen molar-refractivity contribution in [2.24, 2.45) is 0 Å². The number of carbonyl (C=O) groups is 1. The normalized spacial score (nSPS) is 24.0. The van der Waals surface area contributed by atoms with Crippen LogP contribution in [-0.4, -0.2) is 68.1 Å². The first-order valence-corrected chi connectivity index (χ1v) is 10.5. The molecule has 0 aromatic rings. The molecular formula is C16H31N3O3S. The molecular weight excluding hydrogens is 314 g/mol. The van der Waals surface area contributed by atoms with Crippen molar-refractivity contribution in [3.63, 3.8) is 0 Å². The smallest absolute Gasteiger partial charge is 0.236 e. The maximum Gasteiger partial charge on any atom is 0.236 e. The van der Waals surface area contributed by atoms with Gasteiger partial charge >= 0.3 is 0 Å². The van der Waals surface area contributed by atoms with E-state index in [9.17, 15) is 13.2 Å². The van der Waals surface area contributed by atoms with Crippen LogP contribution < -0.4 is 4.72 Å². The van der Waals surface area contributed by atoms with Gasteiger partial charge in [-0.15, -0.1) is 0 Å². The van der Waals surface area contributed by atoms with Gasteiger partial charge in [0.25, 0.3) is 0 Å². The minimum Gasteiger partial charge on any atom is -0.342 e. The van der Waals surface area contributed by atoms with Gasteiger partial charge in [0.2, 0.25) is 15.9 Å². The molecule has 1 saturated carbocycles. The Morgan fingerprint density at radius 2 is 1.78 bits per heavy atom. The largest absolute Gasteiger partial charge is 0.342 e. The first kappa shape index (κ1) is 18.7. The zero-order valence-corrected chi connectivity index (χ0v) is 15.3. The lowest BCUT2D eigenvalue weighted by atomic mass is 10.1. The highest BCUT2D eigenvalue weighted by Gasteiger charge is 2.33. The van der Waals surface area contributed by atoms with Crippen LogP contribution in [0.3, 0.4) is 0 Å². The van der Waals surface area contributed by atoms with Gasteiger partial charge in [-0.05, 0) is 46.1 Å². The van der Waals surface area contributed by atoms with Crippen LogP contribution in [0, 0.1) is 0 Å². The van der Waals surface area contributed by atoms with Gasteiger partial charge in [-0.3, -0.25) is 9.69 Å². The van der Waals surface area contributed by atoms with E-state index in [2.05, 4.69) is 4.72 Å². The van der Waals surface area contributed by atoms with Crippen LogP contribution in [0.5, 0.6) is 0 Å². The summed E-state index contributed by atoms with van der Waals surface area (Å²) in [5, 5.41) is -0.388. The number of hydrogen-bond donors (Lipinski definition) is 1. The molecule has 1 aliphatic heterocycles. The number of carbonyl (C=O) groups excluding carboxylic acids is 1. The maximum atomic E-state index is 12.6. The summed E-state index contributed by atoms with van der Waals surface area (Å²) in [4.78, 5) is 16.0. The van der Waals surface area contributed by atoms with Gasteiger partial charge in [0.05, 0.1) is 11.8 Å². The Balaban J connectivity index is 1.90. The molecule has 2 aliphatic rings. The number of nitrogens with one attached hydrogen (secondary N) is 1. The van der Waals surface area contributed by atoms with Crippen LogP contribution in [0.1, 0.15) is 52.4 Å². The predicted molar refractivity (Wildman–Crippen MR) is 91.7 cm³/mol. The van der Waals surface area contributed by atoms with E-state index >= 15 is 0 Å². The van der Waals surface area contributed by atoms with Crippen LogP contribution in [0.4, 0.5) is 0 Å². The fraction of sp³-hybridized carbons (Fsp3) is 0.938. The third-order valence-corrected chi connectivity index (χ3v) is 6.99. The average molecular weight is 346 g/mol. The molecule has 0 aromatic heterocycles. The highest BCUT2D eigenvalue weighted by molar-refractivity contribution is 7.90. The summed E-state index contributed by atoms with van der Waals surface area (Å²) < 4.78 is 28.1. The number of likely N-dealkylation sites (tertiary alicyclic amines) is 1. The van der Waals surface area contributed by atoms with Crippen LogP contribution in [0.15, 0.2) is 0 Å². The van der Waals surface area contributed by atoms with Gasteiger partial charge in [-0.1, -0.05) is 12.8 Å². The molecule has 1 heterocycles. The number of hydrogen-bond acceptors (Lipinski definition) is 4. The predicted octanol–water partition coefficient (Wildman–Crippen LogP) is 1.18. The van der Waals surface area contributed by atoms with Crippen molar-refractivity contribution in [1.29, 1.82) is 0 Å². The van der Waals surface area contributed by atoms with Crippen molar-refractivity contribution < 1.29 is 13.2 Å². The Bertz CT molecular complexity index is 485. The third kappa shape index (κ3) is 5.16. The van der Waals surface area contributed by atoms with Crippen molar-refractivity contribution in [2.75, 3.05) is 32.7 Å². The number of amides is 1. The molecule has 0 aromatic carbocycles. The molecule has 6 nitrogen and oxygen atoms in total. The lowest BCUT2D eigenvalue weighted by Gasteiger charge is -2.33. The molecule has 1 N–H and O–H groups in total. The van der Waals surface area contributed by atoms with Crippen LogP contribution in [0.2, 0.25) is 0 Å². The quantitative estimate of drug-likeness (QED) is 0.752. The molecule has 0 bridgehead atoms. The number of piperidine rings is 1. The topological polar surface area (TPSA) is 69.7 Å². The molecule has 23 heavy (non-hydrogen) atoms. The second-order valence-electron chi connectivity index (χ2n) is 6.71. The SMILES string of the molecule is CCN(CC)C(=O)CN1CCCC(S(=O)(=O)NC2CCCC2)C1. The van der Waals surface area contributed by atoms with Crippen molar-refractivity contribution in [3.05, 3.63) is 0 Å². The van der Waals surface area contributed by atoms with Crippen molar-refractivity contribution in [1.82, 2.24) is 14.5 Å². The molecule has 2 fully saturated rings. The second kappa shape index (κ2) is 8.44. The lowest BCUT2D eigenvalue weighted by Crippen LogP contribution is -2.50. The monoisotopic (exact) mass is 345 g/mol. The van der Waals surface area contributed by atoms with Gasteiger partial charge in [-0.2, -0.15) is 0 Å². The number of likely N-dealkylation sites (N-methyl/N-ethyl adjacent to an activating group) is 1. The fourth-order valence-electron chi connectivity index (χ4n) is 3.65. The van der Waals surface area contributed by atoms with E-state index in [1.165, 1.54) is 0 Å². The molecule has 1 saturated heterocycles. The number of sulfonamides is 1. The Morgan fingerprint density at radius 3 is 2.39 bits per heavy atom. The minimum absolute atomic E-state index is 0.0943. The highest BCUT2D eigenvalue weighted by atomic mass is 32.2. The van der Waals surface area contributed by atoms with Gasteiger partial charge < -0.3 is 4.90 Å². The van der Waals surface area contributed by atoms with Crippen LogP contribution in [0.25, 0.3) is 0 Å². The summed E-state index contributed by atoms with van der Waals surface area (Å²) in [6.45, 7) is 6.95. The summed E-state index contributed by atoms with van der Waals surface area (Å²) in [6, 6.07) is 0.118. The zero-order chi connectivity index (χ0) is 16.9. The summed E-state index contributed by atoms with van der Waals surface area (Å²) in [6.07, 6.45) is 5.66. The molecule has 2 rings (SSSR count). The first-order valence-electron chi connectivity index (χ1n) is 8.97. The highest BCUT2D eigenvalue weighted by Crippen LogP contribution is 2.22. The molecule has 0 radical (unpaired) electrons. The van der Waals surface area contributed by atoms with E-state index < -0.39 is 10.0 Å². The van der Waals surface area contributed by atoms with Crippen molar-refractivity contribution in [3.8, 4) is 0 Å². The van der Waals surface area contributed by atoms with Gasteiger partial charge in [-0.25, -0.2) is 13.1 Å². The van der Waals surface area contributed by atoms with Gasteiger partial charge in [0.15, 0.2) is 0 Å². The van der Waals surface area contributed by atoms with Crippen molar-refractivity contribution >= 4 is 15.9 Å². The van der Waals surface area contributed by atoms with E-state index in [1.54, 1.807) is 4.90 Å². The van der Waals surface area contributed by atoms with Gasteiger partial charge in [0, 0.05) is 25.7 Å². The maximum absolute atomic E-state index is 12.6.